The van der Waals surface area contributed by atoms with Gasteiger partial charge < -0.3 is 5.11 Å². The van der Waals surface area contributed by atoms with Crippen LogP contribution in [0.3, 0.4) is 0 Å². The quantitative estimate of drug-likeness (QED) is 0.774. The molecule has 0 saturated carbocycles. The highest BCUT2D eigenvalue weighted by Crippen LogP contribution is 2.04. The number of hydrogen-bond acceptors (Lipinski definition) is 2. The molecule has 0 aliphatic heterocycles. The number of carbonyl (C=O) groups excluding carboxylic acids is 1. The third-order valence-electron chi connectivity index (χ3n) is 1.76. The lowest BCUT2D eigenvalue weighted by atomic mass is 10.2. The highest BCUT2D eigenvalue weighted by atomic mass is 16.4. The summed E-state index contributed by atoms with van der Waals surface area (Å²) in [4.78, 5) is 23.0. The summed E-state index contributed by atoms with van der Waals surface area (Å²) in [6, 6.07) is 8.97. The minimum absolute atomic E-state index is 0.146. The summed E-state index contributed by atoms with van der Waals surface area (Å²) >= 11 is 0. The van der Waals surface area contributed by atoms with E-state index in [0.717, 1.165) is 4.90 Å². The van der Waals surface area contributed by atoms with E-state index in [4.69, 9.17) is 5.11 Å². The zero-order chi connectivity index (χ0) is 10.6. The van der Waals surface area contributed by atoms with Crippen LogP contribution in [-0.4, -0.2) is 28.6 Å². The van der Waals surface area contributed by atoms with Gasteiger partial charge in [0.1, 0.15) is 0 Å². The molecule has 4 heteroatoms. The van der Waals surface area contributed by atoms with Crippen molar-refractivity contribution < 1.29 is 14.7 Å². The van der Waals surface area contributed by atoms with Crippen molar-refractivity contribution in [2.24, 2.45) is 0 Å². The highest BCUT2D eigenvalue weighted by Gasteiger charge is 2.19. The standard InChI is InChI=1S/C10H10NO3/c1-2-11(10(13)14)9(12)8-6-4-3-5-7-8/h4-7H,2H2,1H3,(H,13,14). The molecule has 1 radical (unpaired) electrons. The number of benzene rings is 1. The average molecular weight is 192 g/mol. The first-order valence-electron chi connectivity index (χ1n) is 4.17. The molecule has 1 aromatic carbocycles. The Hall–Kier alpha value is -1.84. The Morgan fingerprint density at radius 1 is 1.43 bits per heavy atom. The molecule has 0 aromatic heterocycles. The van der Waals surface area contributed by atoms with Gasteiger partial charge in [0.05, 0.1) is 0 Å². The number of hydrogen-bond donors (Lipinski definition) is 1. The predicted molar refractivity (Wildman–Crippen MR) is 50.0 cm³/mol. The Morgan fingerprint density at radius 3 is 2.43 bits per heavy atom. The van der Waals surface area contributed by atoms with Crippen LogP contribution in [0.1, 0.15) is 17.3 Å². The lowest BCUT2D eigenvalue weighted by Gasteiger charge is -2.14. The van der Waals surface area contributed by atoms with E-state index in [9.17, 15) is 9.59 Å². The predicted octanol–water partition coefficient (Wildman–Crippen LogP) is 1.63. The molecule has 73 valence electrons. The van der Waals surface area contributed by atoms with Crippen LogP contribution in [0, 0.1) is 6.07 Å². The summed E-state index contributed by atoms with van der Waals surface area (Å²) in [5, 5.41) is 8.70. The maximum Gasteiger partial charge on any atom is 0.414 e. The van der Waals surface area contributed by atoms with E-state index in [1.54, 1.807) is 19.1 Å². The van der Waals surface area contributed by atoms with E-state index in [2.05, 4.69) is 6.07 Å². The minimum Gasteiger partial charge on any atom is -0.465 e. The minimum atomic E-state index is -1.23. The van der Waals surface area contributed by atoms with Gasteiger partial charge in [-0.2, -0.15) is 0 Å². The molecule has 0 unspecified atom stereocenters. The second-order valence-corrected chi connectivity index (χ2v) is 2.62. The SMILES string of the molecule is CCN(C(=O)O)C(=O)c1cc[c]cc1. The highest BCUT2D eigenvalue weighted by molar-refractivity contribution is 6.02. The zero-order valence-corrected chi connectivity index (χ0v) is 7.73. The van der Waals surface area contributed by atoms with Gasteiger partial charge >= 0.3 is 6.09 Å². The molecule has 0 aliphatic rings. The van der Waals surface area contributed by atoms with Gasteiger partial charge in [-0.25, -0.2) is 9.69 Å². The zero-order valence-electron chi connectivity index (χ0n) is 7.73. The third-order valence-corrected chi connectivity index (χ3v) is 1.76. The van der Waals surface area contributed by atoms with Crippen LogP contribution in [0.4, 0.5) is 4.79 Å². The van der Waals surface area contributed by atoms with Gasteiger partial charge in [0, 0.05) is 12.1 Å². The molecular formula is C10H10NO3. The second-order valence-electron chi connectivity index (χ2n) is 2.62. The van der Waals surface area contributed by atoms with Crippen molar-refractivity contribution >= 4 is 12.0 Å². The molecule has 0 heterocycles. The fraction of sp³-hybridized carbons (Fsp3) is 0.200. The molecule has 0 spiro atoms. The molecule has 0 atom stereocenters. The topological polar surface area (TPSA) is 57.6 Å². The fourth-order valence-corrected chi connectivity index (χ4v) is 1.05. The number of rotatable bonds is 2. The first-order chi connectivity index (χ1) is 6.66. The number of carboxylic acid groups (broad SMARTS) is 1. The molecule has 0 aliphatic carbocycles. The first-order valence-corrected chi connectivity index (χ1v) is 4.17. The Kier molecular flexibility index (Phi) is 3.23. The van der Waals surface area contributed by atoms with Crippen molar-refractivity contribution in [3.63, 3.8) is 0 Å². The summed E-state index contributed by atoms with van der Waals surface area (Å²) in [6.07, 6.45) is -1.23. The van der Waals surface area contributed by atoms with Crippen LogP contribution < -0.4 is 0 Å². The van der Waals surface area contributed by atoms with Crippen LogP contribution in [0.25, 0.3) is 0 Å². The van der Waals surface area contributed by atoms with E-state index >= 15 is 0 Å². The van der Waals surface area contributed by atoms with Crippen LogP contribution in [0.15, 0.2) is 24.3 Å². The van der Waals surface area contributed by atoms with E-state index in [1.807, 2.05) is 0 Å². The number of imide groups is 1. The van der Waals surface area contributed by atoms with Crippen LogP contribution in [0.5, 0.6) is 0 Å². The smallest absolute Gasteiger partial charge is 0.414 e. The van der Waals surface area contributed by atoms with E-state index in [0.29, 0.717) is 5.56 Å². The van der Waals surface area contributed by atoms with Crippen molar-refractivity contribution in [2.45, 2.75) is 6.92 Å². The second kappa shape index (κ2) is 4.41. The lowest BCUT2D eigenvalue weighted by Crippen LogP contribution is -2.35. The van der Waals surface area contributed by atoms with Gasteiger partial charge in [-0.3, -0.25) is 4.79 Å². The van der Waals surface area contributed by atoms with Crippen LogP contribution >= 0.6 is 0 Å². The van der Waals surface area contributed by atoms with Gasteiger partial charge in [-0.1, -0.05) is 12.1 Å². The molecule has 1 N–H and O–H groups in total. The van der Waals surface area contributed by atoms with E-state index in [1.165, 1.54) is 12.1 Å². The van der Waals surface area contributed by atoms with Gasteiger partial charge in [0.25, 0.3) is 5.91 Å². The summed E-state index contributed by atoms with van der Waals surface area (Å²) in [5.41, 5.74) is 0.355. The Labute approximate surface area is 81.8 Å². The number of carbonyl (C=O) groups is 2. The maximum atomic E-state index is 11.5. The van der Waals surface area contributed by atoms with E-state index in [-0.39, 0.29) is 6.54 Å². The summed E-state index contributed by atoms with van der Waals surface area (Å²) < 4.78 is 0. The summed E-state index contributed by atoms with van der Waals surface area (Å²) in [5.74, 6) is -0.506. The van der Waals surface area contributed by atoms with Crippen molar-refractivity contribution in [3.05, 3.63) is 35.9 Å². The van der Waals surface area contributed by atoms with Crippen LogP contribution in [0.2, 0.25) is 0 Å². The monoisotopic (exact) mass is 192 g/mol. The molecule has 4 nitrogen and oxygen atoms in total. The maximum absolute atomic E-state index is 11.5. The Balaban J connectivity index is 2.89. The fourth-order valence-electron chi connectivity index (χ4n) is 1.05. The Morgan fingerprint density at radius 2 is 2.00 bits per heavy atom. The van der Waals surface area contributed by atoms with Crippen LogP contribution in [-0.2, 0) is 0 Å². The molecule has 1 aromatic rings. The summed E-state index contributed by atoms with van der Waals surface area (Å²) in [7, 11) is 0. The lowest BCUT2D eigenvalue weighted by molar-refractivity contribution is 0.0751. The average Bonchev–Trinajstić information content (AvgIpc) is 2.19. The molecule has 2 amide bonds. The first kappa shape index (κ1) is 10.2. The molecular weight excluding hydrogens is 182 g/mol. The largest absolute Gasteiger partial charge is 0.465 e. The third kappa shape index (κ3) is 2.10. The molecule has 14 heavy (non-hydrogen) atoms. The molecule has 1 rings (SSSR count). The van der Waals surface area contributed by atoms with Gasteiger partial charge in [-0.15, -0.1) is 0 Å². The van der Waals surface area contributed by atoms with Gasteiger partial charge in [0.15, 0.2) is 0 Å². The van der Waals surface area contributed by atoms with Crippen molar-refractivity contribution in [1.29, 1.82) is 0 Å². The van der Waals surface area contributed by atoms with Crippen molar-refractivity contribution in [2.75, 3.05) is 6.54 Å². The van der Waals surface area contributed by atoms with Crippen molar-refractivity contribution in [3.8, 4) is 0 Å². The number of amides is 2. The molecule has 0 saturated heterocycles. The van der Waals surface area contributed by atoms with E-state index < -0.39 is 12.0 Å². The van der Waals surface area contributed by atoms with Crippen molar-refractivity contribution in [1.82, 2.24) is 4.90 Å². The molecule has 0 fully saturated rings. The normalized spacial score (nSPS) is 9.50. The summed E-state index contributed by atoms with van der Waals surface area (Å²) in [6.45, 7) is 1.76. The van der Waals surface area contributed by atoms with Gasteiger partial charge in [0.2, 0.25) is 0 Å². The van der Waals surface area contributed by atoms with Gasteiger partial charge in [-0.05, 0) is 25.1 Å². The Bertz CT molecular complexity index is 334. The molecule has 0 bridgehead atoms. The number of nitrogens with zero attached hydrogens (tertiary/aromatic N) is 1.